The minimum absolute atomic E-state index is 0.0493. The number of nitrogens with two attached hydrogens (primary N) is 1. The van der Waals surface area contributed by atoms with Gasteiger partial charge in [0.15, 0.2) is 0 Å². The van der Waals surface area contributed by atoms with E-state index in [0.717, 1.165) is 44.3 Å². The number of hydrogen-bond donors (Lipinski definition) is 2. The minimum atomic E-state index is -4.59. The molecule has 13 nitrogen and oxygen atoms in total. The molecule has 0 radical (unpaired) electrons. The van der Waals surface area contributed by atoms with Crippen LogP contribution in [-0.2, 0) is 29.4 Å². The Kier molecular flexibility index (Phi) is 9.66. The number of rotatable bonds is 9. The number of halogens is 3. The molecule has 3 atom stereocenters. The van der Waals surface area contributed by atoms with E-state index in [1.54, 1.807) is 18.7 Å². The Morgan fingerprint density at radius 2 is 1.89 bits per heavy atom. The van der Waals surface area contributed by atoms with Crippen LogP contribution in [0.15, 0.2) is 16.7 Å². The molecule has 2 unspecified atom stereocenters. The van der Waals surface area contributed by atoms with Gasteiger partial charge in [0.05, 0.1) is 22.5 Å². The zero-order valence-corrected chi connectivity index (χ0v) is 30.9. The summed E-state index contributed by atoms with van der Waals surface area (Å²) in [6, 6.07) is 1.39. The highest BCUT2D eigenvalue weighted by Crippen LogP contribution is 2.45. The van der Waals surface area contributed by atoms with Gasteiger partial charge in [0, 0.05) is 49.8 Å². The van der Waals surface area contributed by atoms with Gasteiger partial charge in [0.1, 0.15) is 23.8 Å². The molecule has 286 valence electrons. The van der Waals surface area contributed by atoms with Crippen LogP contribution in [0.2, 0.25) is 0 Å². The fourth-order valence-corrected chi connectivity index (χ4v) is 8.72. The first-order valence-corrected chi connectivity index (χ1v) is 18.4. The Morgan fingerprint density at radius 1 is 1.15 bits per heavy atom. The van der Waals surface area contributed by atoms with Crippen molar-refractivity contribution in [2.45, 2.75) is 102 Å². The zero-order chi connectivity index (χ0) is 37.9. The van der Waals surface area contributed by atoms with Gasteiger partial charge in [-0.1, -0.05) is 12.1 Å². The van der Waals surface area contributed by atoms with Crippen molar-refractivity contribution < 1.29 is 32.3 Å². The molecular formula is C37H48F3N9O4. The molecule has 4 aliphatic rings. The highest BCUT2D eigenvalue weighted by molar-refractivity contribution is 5.91. The van der Waals surface area contributed by atoms with Gasteiger partial charge >= 0.3 is 12.2 Å². The molecule has 3 saturated heterocycles. The summed E-state index contributed by atoms with van der Waals surface area (Å²) in [6.07, 6.45) is 3.84. The first kappa shape index (κ1) is 37.0. The second-order valence-corrected chi connectivity index (χ2v) is 15.8. The number of pyridine rings is 1. The number of likely N-dealkylation sites (tertiary alicyclic amines) is 1. The molecule has 0 saturated carbocycles. The molecular weight excluding hydrogens is 691 g/mol. The van der Waals surface area contributed by atoms with Crippen molar-refractivity contribution in [1.29, 1.82) is 0 Å². The van der Waals surface area contributed by atoms with E-state index >= 15 is 0 Å². The standard InChI is InChI=1S/C37H48F3N9O4/c1-21-16-25-26(18-24(21)31-30(37(38,39)40)22(2)17-27(41)43-31)42-34(52-20-36-11-6-13-49(36)14-7-12-36)45-32(25)47(5)23-10-15-48(19-23)29(50)9-8-28-44-33(46-53-28)35(3,4)51/h8-9,17,21,23-24,51H,6-7,10-16,18-20H2,1-5H3,(H2,41,43)/b9-8+/t21-,23?,24?/m1/s1. The molecule has 1 amide bonds. The fraction of sp³-hybridized carbons (Fsp3) is 0.622. The van der Waals surface area contributed by atoms with E-state index in [2.05, 4.69) is 24.9 Å². The van der Waals surface area contributed by atoms with Crippen molar-refractivity contribution in [3.63, 3.8) is 0 Å². The van der Waals surface area contributed by atoms with Gasteiger partial charge < -0.3 is 29.9 Å². The number of nitrogen functional groups attached to an aromatic ring is 1. The van der Waals surface area contributed by atoms with Crippen LogP contribution in [-0.4, -0.2) is 97.3 Å². The molecule has 3 aliphatic heterocycles. The third-order valence-electron chi connectivity index (χ3n) is 11.6. The molecule has 0 bridgehead atoms. The van der Waals surface area contributed by atoms with E-state index in [0.29, 0.717) is 44.0 Å². The minimum Gasteiger partial charge on any atom is -0.461 e. The van der Waals surface area contributed by atoms with E-state index in [-0.39, 0.29) is 64.6 Å². The molecule has 0 spiro atoms. The van der Waals surface area contributed by atoms with Gasteiger partial charge in [-0.05, 0) is 96.4 Å². The first-order chi connectivity index (χ1) is 25.0. The second-order valence-electron chi connectivity index (χ2n) is 15.8. The molecule has 3 aromatic rings. The van der Waals surface area contributed by atoms with Crippen molar-refractivity contribution in [1.82, 2.24) is 34.9 Å². The number of hydrogen-bond acceptors (Lipinski definition) is 12. The van der Waals surface area contributed by atoms with Crippen molar-refractivity contribution in [3.8, 4) is 6.01 Å². The Morgan fingerprint density at radius 3 is 2.57 bits per heavy atom. The number of amides is 1. The van der Waals surface area contributed by atoms with Gasteiger partial charge in [-0.25, -0.2) is 4.98 Å². The summed E-state index contributed by atoms with van der Waals surface area (Å²) in [5.41, 5.74) is 5.46. The molecule has 1 aliphatic carbocycles. The predicted molar refractivity (Wildman–Crippen MR) is 190 cm³/mol. The molecule has 3 fully saturated rings. The topological polar surface area (TPSA) is 160 Å². The number of anilines is 2. The summed E-state index contributed by atoms with van der Waals surface area (Å²) in [7, 11) is 1.94. The third kappa shape index (κ3) is 7.31. The van der Waals surface area contributed by atoms with E-state index in [9.17, 15) is 23.1 Å². The molecule has 3 N–H and O–H groups in total. The predicted octanol–water partition coefficient (Wildman–Crippen LogP) is 4.67. The average Bonchev–Trinajstić information content (AvgIpc) is 3.89. The summed E-state index contributed by atoms with van der Waals surface area (Å²) in [4.78, 5) is 37.8. The van der Waals surface area contributed by atoms with Gasteiger partial charge in [-0.15, -0.1) is 0 Å². The Labute approximate surface area is 306 Å². The normalized spacial score (nSPS) is 23.1. The molecule has 16 heteroatoms. The van der Waals surface area contributed by atoms with Crippen LogP contribution >= 0.6 is 0 Å². The van der Waals surface area contributed by atoms with Crippen molar-refractivity contribution in [2.75, 3.05) is 50.5 Å². The van der Waals surface area contributed by atoms with Gasteiger partial charge in [-0.3, -0.25) is 9.69 Å². The Hall–Kier alpha value is -4.31. The molecule has 7 rings (SSSR count). The lowest BCUT2D eigenvalue weighted by molar-refractivity contribution is -0.139. The van der Waals surface area contributed by atoms with Crippen LogP contribution in [0, 0.1) is 12.8 Å². The second kappa shape index (κ2) is 13.8. The first-order valence-electron chi connectivity index (χ1n) is 18.4. The number of likely N-dealkylation sites (N-methyl/N-ethyl adjacent to an activating group) is 1. The molecule has 6 heterocycles. The van der Waals surface area contributed by atoms with Crippen LogP contribution in [0.5, 0.6) is 6.01 Å². The maximum atomic E-state index is 14.5. The summed E-state index contributed by atoms with van der Waals surface area (Å²) in [5.74, 6) is -0.0820. The third-order valence-corrected chi connectivity index (χ3v) is 11.6. The number of fused-ring (bicyclic) bond motifs is 2. The number of alkyl halides is 3. The monoisotopic (exact) mass is 739 g/mol. The van der Waals surface area contributed by atoms with E-state index in [4.69, 9.17) is 25.0 Å². The summed E-state index contributed by atoms with van der Waals surface area (Å²) in [6.45, 7) is 9.89. The number of nitrogens with zero attached hydrogens (tertiary/aromatic N) is 8. The highest BCUT2D eigenvalue weighted by atomic mass is 19.4. The molecule has 53 heavy (non-hydrogen) atoms. The lowest BCUT2D eigenvalue weighted by Gasteiger charge is -2.36. The lowest BCUT2D eigenvalue weighted by atomic mass is 9.75. The Balaban J connectivity index is 1.16. The van der Waals surface area contributed by atoms with E-state index in [1.165, 1.54) is 25.1 Å². The maximum Gasteiger partial charge on any atom is 0.418 e. The number of ether oxygens (including phenoxy) is 1. The highest BCUT2D eigenvalue weighted by Gasteiger charge is 2.46. The maximum absolute atomic E-state index is 14.5. The molecule has 3 aromatic heterocycles. The Bertz CT molecular complexity index is 1880. The lowest BCUT2D eigenvalue weighted by Crippen LogP contribution is -2.43. The van der Waals surface area contributed by atoms with Crippen LogP contribution < -0.4 is 15.4 Å². The van der Waals surface area contributed by atoms with Gasteiger partial charge in [0.25, 0.3) is 5.89 Å². The fourth-order valence-electron chi connectivity index (χ4n) is 8.72. The SMILES string of the molecule is Cc1cc(N)nc(C2Cc3nc(OCC45CCCN4CCC5)nc(N(C)C4CCN(C(=O)/C=C/c5nc(C(C)(C)O)no5)C4)c3C[C@H]2C)c1C(F)(F)F. The van der Waals surface area contributed by atoms with E-state index in [1.807, 2.05) is 14.0 Å². The average molecular weight is 740 g/mol. The van der Waals surface area contributed by atoms with Crippen LogP contribution in [0.25, 0.3) is 6.08 Å². The summed E-state index contributed by atoms with van der Waals surface area (Å²) < 4.78 is 55.0. The molecule has 0 aromatic carbocycles. The smallest absolute Gasteiger partial charge is 0.418 e. The van der Waals surface area contributed by atoms with Crippen LogP contribution in [0.4, 0.5) is 24.8 Å². The number of carbonyl (C=O) groups excluding carboxylic acids is 1. The van der Waals surface area contributed by atoms with Crippen molar-refractivity contribution in [3.05, 3.63) is 51.9 Å². The number of carbonyl (C=O) groups is 1. The van der Waals surface area contributed by atoms with Crippen molar-refractivity contribution in [2.24, 2.45) is 5.92 Å². The number of aliphatic hydroxyl groups is 1. The zero-order valence-electron chi connectivity index (χ0n) is 30.9. The van der Waals surface area contributed by atoms with Crippen LogP contribution in [0.3, 0.4) is 0 Å². The summed E-state index contributed by atoms with van der Waals surface area (Å²) in [5, 5.41) is 13.9. The van der Waals surface area contributed by atoms with E-state index < -0.39 is 23.3 Å². The number of aryl methyl sites for hydroxylation is 1. The number of aromatic nitrogens is 5. The largest absolute Gasteiger partial charge is 0.461 e. The van der Waals surface area contributed by atoms with Crippen LogP contribution in [0.1, 0.15) is 98.6 Å². The summed E-state index contributed by atoms with van der Waals surface area (Å²) >= 11 is 0. The quantitative estimate of drug-likeness (QED) is 0.293. The van der Waals surface area contributed by atoms with Gasteiger partial charge in [0.2, 0.25) is 11.7 Å². The van der Waals surface area contributed by atoms with Gasteiger partial charge in [-0.2, -0.15) is 28.1 Å². The van der Waals surface area contributed by atoms with Crippen molar-refractivity contribution >= 4 is 23.6 Å².